The Balaban J connectivity index is 2.20. The summed E-state index contributed by atoms with van der Waals surface area (Å²) < 4.78 is 0. The lowest BCUT2D eigenvalue weighted by atomic mass is 10.0. The van der Waals surface area contributed by atoms with Gasteiger partial charge in [0.05, 0.1) is 0 Å². The summed E-state index contributed by atoms with van der Waals surface area (Å²) in [6.45, 7) is 3.16. The predicted octanol–water partition coefficient (Wildman–Crippen LogP) is 5.34. The van der Waals surface area contributed by atoms with Gasteiger partial charge in [0.15, 0.2) is 0 Å². The van der Waals surface area contributed by atoms with Crippen molar-refractivity contribution in [2.75, 3.05) is 6.54 Å². The van der Waals surface area contributed by atoms with Crippen LogP contribution in [0.4, 0.5) is 0 Å². The lowest BCUT2D eigenvalue weighted by Crippen LogP contribution is -2.23. The molecule has 0 aliphatic carbocycles. The third-order valence-corrected chi connectivity index (χ3v) is 4.69. The molecule has 4 heteroatoms. The molecule has 1 atom stereocenters. The summed E-state index contributed by atoms with van der Waals surface area (Å²) in [6.07, 6.45) is 1.93. The van der Waals surface area contributed by atoms with Gasteiger partial charge in [0, 0.05) is 21.0 Å². The molecule has 1 nitrogen and oxygen atoms in total. The van der Waals surface area contributed by atoms with Crippen LogP contribution in [0.2, 0.25) is 10.0 Å². The highest BCUT2D eigenvalue weighted by atomic mass is 35.5. The van der Waals surface area contributed by atoms with Crippen molar-refractivity contribution in [2.24, 2.45) is 0 Å². The molecule has 0 aliphatic heterocycles. The van der Waals surface area contributed by atoms with Gasteiger partial charge in [-0.25, -0.2) is 0 Å². The smallest absolute Gasteiger partial charge is 0.0456 e. The minimum Gasteiger partial charge on any atom is -0.309 e. The van der Waals surface area contributed by atoms with Crippen LogP contribution in [-0.2, 0) is 6.42 Å². The molecule has 1 N–H and O–H groups in total. The van der Waals surface area contributed by atoms with E-state index in [1.807, 2.05) is 18.2 Å². The topological polar surface area (TPSA) is 12.0 Å². The average molecular weight is 314 g/mol. The molecule has 2 aromatic rings. The number of hydrogen-bond acceptors (Lipinski definition) is 2. The highest BCUT2D eigenvalue weighted by molar-refractivity contribution is 7.10. The van der Waals surface area contributed by atoms with Crippen LogP contribution in [0.15, 0.2) is 35.7 Å². The molecule has 1 aromatic heterocycles. The van der Waals surface area contributed by atoms with Crippen LogP contribution in [0.1, 0.15) is 29.8 Å². The maximum Gasteiger partial charge on any atom is 0.0456 e. The van der Waals surface area contributed by atoms with Crippen LogP contribution < -0.4 is 5.32 Å². The van der Waals surface area contributed by atoms with Crippen LogP contribution >= 0.6 is 34.5 Å². The van der Waals surface area contributed by atoms with Crippen molar-refractivity contribution < 1.29 is 0 Å². The Hall–Kier alpha value is -0.540. The Morgan fingerprint density at radius 2 is 1.89 bits per heavy atom. The molecular formula is C15H17Cl2NS. The number of thiophene rings is 1. The van der Waals surface area contributed by atoms with E-state index in [1.54, 1.807) is 11.3 Å². The first-order valence-electron chi connectivity index (χ1n) is 6.42. The minimum absolute atomic E-state index is 0.275. The third-order valence-electron chi connectivity index (χ3n) is 3.00. The van der Waals surface area contributed by atoms with E-state index in [9.17, 15) is 0 Å². The summed E-state index contributed by atoms with van der Waals surface area (Å²) in [5.41, 5.74) is 1.02. The second-order valence-corrected chi connectivity index (χ2v) is 6.22. The van der Waals surface area contributed by atoms with Crippen molar-refractivity contribution in [3.8, 4) is 0 Å². The SMILES string of the molecule is CCCNC(Cc1c(Cl)cccc1Cl)c1cccs1. The Morgan fingerprint density at radius 3 is 2.47 bits per heavy atom. The Bertz CT molecular complexity index is 491. The number of nitrogens with one attached hydrogen (secondary N) is 1. The van der Waals surface area contributed by atoms with E-state index in [-0.39, 0.29) is 6.04 Å². The zero-order chi connectivity index (χ0) is 13.7. The number of rotatable bonds is 6. The molecule has 0 radical (unpaired) electrons. The lowest BCUT2D eigenvalue weighted by molar-refractivity contribution is 0.537. The Labute approximate surface area is 128 Å². The molecule has 2 rings (SSSR count). The van der Waals surface area contributed by atoms with Crippen LogP contribution in [0, 0.1) is 0 Å². The molecule has 1 aromatic carbocycles. The van der Waals surface area contributed by atoms with Gasteiger partial charge in [-0.05, 0) is 48.5 Å². The Kier molecular flexibility index (Phi) is 5.71. The molecule has 1 heterocycles. The van der Waals surface area contributed by atoms with Crippen molar-refractivity contribution in [3.05, 3.63) is 56.2 Å². The fourth-order valence-corrected chi connectivity index (χ4v) is 3.37. The molecular weight excluding hydrogens is 297 g/mol. The monoisotopic (exact) mass is 313 g/mol. The molecule has 0 saturated carbocycles. The average Bonchev–Trinajstić information content (AvgIpc) is 2.91. The summed E-state index contributed by atoms with van der Waals surface area (Å²) in [5.74, 6) is 0. The lowest BCUT2D eigenvalue weighted by Gasteiger charge is -2.18. The van der Waals surface area contributed by atoms with Crippen molar-refractivity contribution in [1.82, 2.24) is 5.32 Å². The van der Waals surface area contributed by atoms with Crippen molar-refractivity contribution in [1.29, 1.82) is 0 Å². The van der Waals surface area contributed by atoms with Crippen LogP contribution in [0.3, 0.4) is 0 Å². The molecule has 0 amide bonds. The van der Waals surface area contributed by atoms with Crippen LogP contribution in [-0.4, -0.2) is 6.54 Å². The minimum atomic E-state index is 0.275. The van der Waals surface area contributed by atoms with Gasteiger partial charge in [0.25, 0.3) is 0 Å². The fraction of sp³-hybridized carbons (Fsp3) is 0.333. The highest BCUT2D eigenvalue weighted by Gasteiger charge is 2.16. The molecule has 0 fully saturated rings. The summed E-state index contributed by atoms with van der Waals surface area (Å²) in [5, 5.41) is 7.16. The van der Waals surface area contributed by atoms with Gasteiger partial charge < -0.3 is 5.32 Å². The van der Waals surface area contributed by atoms with Gasteiger partial charge in [0.1, 0.15) is 0 Å². The van der Waals surface area contributed by atoms with E-state index in [0.717, 1.165) is 35.0 Å². The molecule has 0 saturated heterocycles. The van der Waals surface area contributed by atoms with E-state index in [4.69, 9.17) is 23.2 Å². The molecule has 19 heavy (non-hydrogen) atoms. The molecule has 0 spiro atoms. The zero-order valence-electron chi connectivity index (χ0n) is 10.8. The second kappa shape index (κ2) is 7.30. The quantitative estimate of drug-likeness (QED) is 0.759. The normalized spacial score (nSPS) is 12.6. The maximum absolute atomic E-state index is 6.26. The first-order valence-corrected chi connectivity index (χ1v) is 8.05. The number of hydrogen-bond donors (Lipinski definition) is 1. The standard InChI is InChI=1S/C15H17Cl2NS/c1-2-8-18-14(15-7-4-9-19-15)10-11-12(16)5-3-6-13(11)17/h3-7,9,14,18H,2,8,10H2,1H3. The second-order valence-electron chi connectivity index (χ2n) is 4.43. The first kappa shape index (κ1) is 14.9. The van der Waals surface area contributed by atoms with Gasteiger partial charge in [-0.15, -0.1) is 11.3 Å². The molecule has 102 valence electrons. The summed E-state index contributed by atoms with van der Waals surface area (Å²) in [6, 6.07) is 10.2. The first-order chi connectivity index (χ1) is 9.22. The zero-order valence-corrected chi connectivity index (χ0v) is 13.2. The van der Waals surface area contributed by atoms with E-state index < -0.39 is 0 Å². The van der Waals surface area contributed by atoms with Gasteiger partial charge in [-0.1, -0.05) is 42.3 Å². The molecule has 0 aliphatic rings. The van der Waals surface area contributed by atoms with Crippen LogP contribution in [0.5, 0.6) is 0 Å². The van der Waals surface area contributed by atoms with Crippen molar-refractivity contribution in [3.63, 3.8) is 0 Å². The van der Waals surface area contributed by atoms with Crippen molar-refractivity contribution in [2.45, 2.75) is 25.8 Å². The van der Waals surface area contributed by atoms with E-state index in [2.05, 4.69) is 29.8 Å². The number of benzene rings is 1. The van der Waals surface area contributed by atoms with Gasteiger partial charge in [0.2, 0.25) is 0 Å². The van der Waals surface area contributed by atoms with Crippen LogP contribution in [0.25, 0.3) is 0 Å². The van der Waals surface area contributed by atoms with Gasteiger partial charge >= 0.3 is 0 Å². The Morgan fingerprint density at radius 1 is 1.16 bits per heavy atom. The van der Waals surface area contributed by atoms with Gasteiger partial charge in [-0.2, -0.15) is 0 Å². The van der Waals surface area contributed by atoms with E-state index in [1.165, 1.54) is 4.88 Å². The summed E-state index contributed by atoms with van der Waals surface area (Å²) in [7, 11) is 0. The number of halogens is 2. The third kappa shape index (κ3) is 3.96. The predicted molar refractivity (Wildman–Crippen MR) is 85.5 cm³/mol. The van der Waals surface area contributed by atoms with E-state index in [0.29, 0.717) is 0 Å². The largest absolute Gasteiger partial charge is 0.309 e. The van der Waals surface area contributed by atoms with E-state index >= 15 is 0 Å². The summed E-state index contributed by atoms with van der Waals surface area (Å²) >= 11 is 14.3. The highest BCUT2D eigenvalue weighted by Crippen LogP contribution is 2.30. The summed E-state index contributed by atoms with van der Waals surface area (Å²) in [4.78, 5) is 1.32. The maximum atomic E-state index is 6.26. The molecule has 1 unspecified atom stereocenters. The fourth-order valence-electron chi connectivity index (χ4n) is 2.01. The van der Waals surface area contributed by atoms with Gasteiger partial charge in [-0.3, -0.25) is 0 Å². The van der Waals surface area contributed by atoms with Crippen molar-refractivity contribution >= 4 is 34.5 Å². The molecule has 0 bridgehead atoms.